The van der Waals surface area contributed by atoms with Gasteiger partial charge in [0.05, 0.1) is 10.6 Å². The molecule has 2 rings (SSSR count). The van der Waals surface area contributed by atoms with Crippen molar-refractivity contribution >= 4 is 15.7 Å². The van der Waals surface area contributed by atoms with Crippen LogP contribution in [0.25, 0.3) is 0 Å². The lowest BCUT2D eigenvalue weighted by Gasteiger charge is -2.10. The van der Waals surface area contributed by atoms with Gasteiger partial charge in [0.2, 0.25) is 10.0 Å². The van der Waals surface area contributed by atoms with Crippen LogP contribution in [0.3, 0.4) is 0 Å². The number of sulfonamides is 1. The zero-order valence-corrected chi connectivity index (χ0v) is 11.9. The Kier molecular flexibility index (Phi) is 3.96. The van der Waals surface area contributed by atoms with Crippen LogP contribution in [-0.2, 0) is 16.4 Å². The molecule has 6 heteroatoms. The molecule has 0 amide bonds. The first-order valence-corrected chi connectivity index (χ1v) is 7.64. The molecule has 0 aromatic heterocycles. The predicted molar refractivity (Wildman–Crippen MR) is 78.1 cm³/mol. The first-order chi connectivity index (χ1) is 9.40. The second kappa shape index (κ2) is 5.52. The van der Waals surface area contributed by atoms with Crippen LogP contribution < -0.4 is 15.6 Å². The SMILES string of the molecule is CCc1cccc(Oc2cc(S(N)(=O)=O)ccc2N)c1. The van der Waals surface area contributed by atoms with Gasteiger partial charge >= 0.3 is 0 Å². The van der Waals surface area contributed by atoms with Crippen molar-refractivity contribution in [2.24, 2.45) is 5.14 Å². The van der Waals surface area contributed by atoms with Crippen molar-refractivity contribution in [1.29, 1.82) is 0 Å². The summed E-state index contributed by atoms with van der Waals surface area (Å²) in [6, 6.07) is 11.6. The van der Waals surface area contributed by atoms with Crippen molar-refractivity contribution in [1.82, 2.24) is 0 Å². The molecule has 0 heterocycles. The minimum atomic E-state index is -3.78. The smallest absolute Gasteiger partial charge is 0.238 e. The predicted octanol–water partition coefficient (Wildman–Crippen LogP) is 2.27. The number of hydrogen-bond donors (Lipinski definition) is 2. The normalized spacial score (nSPS) is 11.3. The highest BCUT2D eigenvalue weighted by atomic mass is 32.2. The first-order valence-electron chi connectivity index (χ1n) is 6.09. The summed E-state index contributed by atoms with van der Waals surface area (Å²) in [6.45, 7) is 2.04. The zero-order chi connectivity index (χ0) is 14.8. The molecule has 0 bridgehead atoms. The van der Waals surface area contributed by atoms with E-state index >= 15 is 0 Å². The van der Waals surface area contributed by atoms with Crippen molar-refractivity contribution in [2.75, 3.05) is 5.73 Å². The van der Waals surface area contributed by atoms with Gasteiger partial charge in [0.1, 0.15) is 5.75 Å². The van der Waals surface area contributed by atoms with E-state index in [2.05, 4.69) is 0 Å². The number of aryl methyl sites for hydroxylation is 1. The molecule has 0 radical (unpaired) electrons. The highest BCUT2D eigenvalue weighted by Crippen LogP contribution is 2.30. The van der Waals surface area contributed by atoms with E-state index < -0.39 is 10.0 Å². The van der Waals surface area contributed by atoms with Gasteiger partial charge < -0.3 is 10.5 Å². The Balaban J connectivity index is 2.37. The van der Waals surface area contributed by atoms with Gasteiger partial charge in [-0.1, -0.05) is 19.1 Å². The van der Waals surface area contributed by atoms with Crippen LogP contribution >= 0.6 is 0 Å². The largest absolute Gasteiger partial charge is 0.455 e. The van der Waals surface area contributed by atoms with Crippen LogP contribution in [-0.4, -0.2) is 8.42 Å². The molecule has 0 saturated heterocycles. The van der Waals surface area contributed by atoms with E-state index in [9.17, 15) is 8.42 Å². The number of anilines is 1. The van der Waals surface area contributed by atoms with Gasteiger partial charge in [-0.3, -0.25) is 0 Å². The molecule has 0 fully saturated rings. The molecular weight excluding hydrogens is 276 g/mol. The lowest BCUT2D eigenvalue weighted by Crippen LogP contribution is -2.12. The van der Waals surface area contributed by atoms with E-state index in [-0.39, 0.29) is 10.6 Å². The quantitative estimate of drug-likeness (QED) is 0.845. The molecule has 0 spiro atoms. The Morgan fingerprint density at radius 2 is 1.90 bits per heavy atom. The van der Waals surface area contributed by atoms with E-state index in [0.717, 1.165) is 12.0 Å². The number of rotatable bonds is 4. The van der Waals surface area contributed by atoms with Gasteiger partial charge in [0.15, 0.2) is 5.75 Å². The van der Waals surface area contributed by atoms with E-state index in [0.29, 0.717) is 11.4 Å². The van der Waals surface area contributed by atoms with Crippen molar-refractivity contribution in [2.45, 2.75) is 18.2 Å². The van der Waals surface area contributed by atoms with Crippen molar-refractivity contribution in [3.05, 3.63) is 48.0 Å². The molecule has 0 aliphatic rings. The average molecular weight is 292 g/mol. The lowest BCUT2D eigenvalue weighted by atomic mass is 10.2. The fourth-order valence-electron chi connectivity index (χ4n) is 1.74. The van der Waals surface area contributed by atoms with Gasteiger partial charge in [-0.15, -0.1) is 0 Å². The summed E-state index contributed by atoms with van der Waals surface area (Å²) in [5.74, 6) is 0.868. The Morgan fingerprint density at radius 1 is 1.15 bits per heavy atom. The van der Waals surface area contributed by atoms with Gasteiger partial charge in [-0.2, -0.15) is 0 Å². The molecule has 0 aliphatic heterocycles. The fourth-order valence-corrected chi connectivity index (χ4v) is 2.26. The van der Waals surface area contributed by atoms with Crippen LogP contribution in [0.1, 0.15) is 12.5 Å². The summed E-state index contributed by atoms with van der Waals surface area (Å²) in [6.07, 6.45) is 0.879. The lowest BCUT2D eigenvalue weighted by molar-refractivity contribution is 0.482. The standard InChI is InChI=1S/C14H16N2O3S/c1-2-10-4-3-5-11(8-10)19-14-9-12(20(16,17)18)6-7-13(14)15/h3-9H,2,15H2,1H3,(H2,16,17,18). The maximum Gasteiger partial charge on any atom is 0.238 e. The van der Waals surface area contributed by atoms with E-state index in [4.69, 9.17) is 15.6 Å². The third-order valence-electron chi connectivity index (χ3n) is 2.85. The molecule has 2 aromatic rings. The monoisotopic (exact) mass is 292 g/mol. The zero-order valence-electron chi connectivity index (χ0n) is 11.0. The molecular formula is C14H16N2O3S. The summed E-state index contributed by atoms with van der Waals surface area (Å²) >= 11 is 0. The maximum atomic E-state index is 11.3. The average Bonchev–Trinajstić information content (AvgIpc) is 2.40. The van der Waals surface area contributed by atoms with E-state index in [1.807, 2.05) is 25.1 Å². The van der Waals surface area contributed by atoms with E-state index in [1.165, 1.54) is 18.2 Å². The van der Waals surface area contributed by atoms with Crippen LogP contribution in [0, 0.1) is 0 Å². The number of ether oxygens (including phenoxy) is 1. The number of benzene rings is 2. The van der Waals surface area contributed by atoms with Crippen LogP contribution in [0.4, 0.5) is 5.69 Å². The number of primary sulfonamides is 1. The minimum Gasteiger partial charge on any atom is -0.455 e. The third-order valence-corrected chi connectivity index (χ3v) is 3.76. The van der Waals surface area contributed by atoms with Crippen molar-refractivity contribution < 1.29 is 13.2 Å². The Hall–Kier alpha value is -2.05. The molecule has 20 heavy (non-hydrogen) atoms. The Bertz CT molecular complexity index is 727. The molecule has 5 nitrogen and oxygen atoms in total. The van der Waals surface area contributed by atoms with Crippen LogP contribution in [0.5, 0.6) is 11.5 Å². The molecule has 106 valence electrons. The van der Waals surface area contributed by atoms with E-state index in [1.54, 1.807) is 6.07 Å². The van der Waals surface area contributed by atoms with Gasteiger partial charge in [-0.25, -0.2) is 13.6 Å². The van der Waals surface area contributed by atoms with Crippen molar-refractivity contribution in [3.8, 4) is 11.5 Å². The third kappa shape index (κ3) is 3.28. The van der Waals surface area contributed by atoms with Gasteiger partial charge in [0, 0.05) is 6.07 Å². The Labute approximate surface area is 118 Å². The van der Waals surface area contributed by atoms with Crippen LogP contribution in [0.2, 0.25) is 0 Å². The Morgan fingerprint density at radius 3 is 2.55 bits per heavy atom. The van der Waals surface area contributed by atoms with Gasteiger partial charge in [0.25, 0.3) is 0 Å². The van der Waals surface area contributed by atoms with Gasteiger partial charge in [-0.05, 0) is 36.2 Å². The summed E-state index contributed by atoms with van der Waals surface area (Å²) in [7, 11) is -3.78. The number of hydrogen-bond acceptors (Lipinski definition) is 4. The molecule has 0 unspecified atom stereocenters. The summed E-state index contributed by atoms with van der Waals surface area (Å²) in [5.41, 5.74) is 7.25. The topological polar surface area (TPSA) is 95.4 Å². The summed E-state index contributed by atoms with van der Waals surface area (Å²) < 4.78 is 28.3. The molecule has 0 atom stereocenters. The second-order valence-corrected chi connectivity index (χ2v) is 5.91. The number of nitrogens with two attached hydrogens (primary N) is 2. The number of nitrogen functional groups attached to an aromatic ring is 1. The van der Waals surface area contributed by atoms with Crippen LogP contribution in [0.15, 0.2) is 47.4 Å². The molecule has 0 aliphatic carbocycles. The first kappa shape index (κ1) is 14.4. The second-order valence-electron chi connectivity index (χ2n) is 4.35. The highest BCUT2D eigenvalue weighted by Gasteiger charge is 2.11. The molecule has 0 saturated carbocycles. The molecule has 2 aromatic carbocycles. The fraction of sp³-hybridized carbons (Fsp3) is 0.143. The van der Waals surface area contributed by atoms with Crippen molar-refractivity contribution in [3.63, 3.8) is 0 Å². The minimum absolute atomic E-state index is 0.0339. The summed E-state index contributed by atoms with van der Waals surface area (Å²) in [5, 5.41) is 5.09. The summed E-state index contributed by atoms with van der Waals surface area (Å²) in [4.78, 5) is -0.0339. The molecule has 4 N–H and O–H groups in total. The maximum absolute atomic E-state index is 11.3. The highest BCUT2D eigenvalue weighted by molar-refractivity contribution is 7.89.